The molecule has 5 nitrogen and oxygen atoms in total. The molecule has 0 aromatic heterocycles. The third kappa shape index (κ3) is 5.08. The van der Waals surface area contributed by atoms with E-state index < -0.39 is 18.2 Å². The van der Waals surface area contributed by atoms with Crippen molar-refractivity contribution in [1.29, 1.82) is 0 Å². The number of carbonyl (C=O) groups excluding carboxylic acids is 2. The lowest BCUT2D eigenvalue weighted by Crippen LogP contribution is -2.39. The number of Topliss-reactive ketones (excluding diaryl/α,β-unsaturated/α-hetero) is 1. The normalized spacial score (nSPS) is 16.8. The fraction of sp³-hybridized carbons (Fsp3) is 0.333. The van der Waals surface area contributed by atoms with E-state index in [-0.39, 0.29) is 29.7 Å². The van der Waals surface area contributed by atoms with E-state index in [1.807, 2.05) is 6.92 Å². The smallest absolute Gasteiger partial charge is 0.406 e. The Balaban J connectivity index is 1.77. The molecule has 0 spiro atoms. The zero-order valence-electron chi connectivity index (χ0n) is 16.2. The number of amides is 2. The Morgan fingerprint density at radius 3 is 2.47 bits per heavy atom. The van der Waals surface area contributed by atoms with Crippen LogP contribution in [0, 0.1) is 5.82 Å². The summed E-state index contributed by atoms with van der Waals surface area (Å²) >= 11 is 0. The van der Waals surface area contributed by atoms with Crippen LogP contribution >= 0.6 is 0 Å². The highest BCUT2D eigenvalue weighted by Gasteiger charge is 2.38. The van der Waals surface area contributed by atoms with E-state index >= 15 is 0 Å². The van der Waals surface area contributed by atoms with Gasteiger partial charge in [-0.2, -0.15) is 0 Å². The Bertz CT molecular complexity index is 915. The van der Waals surface area contributed by atoms with Crippen molar-refractivity contribution in [3.05, 3.63) is 59.9 Å². The van der Waals surface area contributed by atoms with E-state index in [0.29, 0.717) is 18.7 Å². The van der Waals surface area contributed by atoms with Crippen LogP contribution in [-0.2, 0) is 0 Å². The second-order valence-corrected chi connectivity index (χ2v) is 6.94. The number of anilines is 1. The predicted molar refractivity (Wildman–Crippen MR) is 102 cm³/mol. The van der Waals surface area contributed by atoms with Gasteiger partial charge in [0.15, 0.2) is 5.78 Å². The first-order valence-electron chi connectivity index (χ1n) is 9.40. The molecule has 1 aliphatic rings. The van der Waals surface area contributed by atoms with E-state index in [4.69, 9.17) is 0 Å². The molecule has 1 heterocycles. The second kappa shape index (κ2) is 8.73. The van der Waals surface area contributed by atoms with E-state index in [1.54, 1.807) is 0 Å². The topological polar surface area (TPSA) is 49.9 Å². The molecule has 1 fully saturated rings. The molecule has 2 aromatic rings. The molecule has 1 aliphatic heterocycles. The van der Waals surface area contributed by atoms with Crippen molar-refractivity contribution in [3.63, 3.8) is 0 Å². The van der Waals surface area contributed by atoms with Gasteiger partial charge in [0, 0.05) is 17.8 Å². The van der Waals surface area contributed by atoms with Crippen LogP contribution in [0.15, 0.2) is 48.5 Å². The van der Waals surface area contributed by atoms with Gasteiger partial charge in [0.05, 0.1) is 12.6 Å². The standard InChI is InChI=1S/C21H20F4N2O3/c1-2-4-17-12-26(16-7-9-18(10-8-16)30-21(23,24)25)20(29)27(17)13-19(28)14-5-3-6-15(22)11-14/h3,5-11,17H,2,4,12-13H2,1H3/t17-/m0/s1. The minimum Gasteiger partial charge on any atom is -0.406 e. The lowest BCUT2D eigenvalue weighted by Gasteiger charge is -2.22. The summed E-state index contributed by atoms with van der Waals surface area (Å²) in [5.41, 5.74) is 0.571. The molecule has 0 aliphatic carbocycles. The third-order valence-electron chi connectivity index (χ3n) is 4.78. The number of hydrogen-bond donors (Lipinski definition) is 0. The summed E-state index contributed by atoms with van der Waals surface area (Å²) in [5.74, 6) is -1.32. The zero-order chi connectivity index (χ0) is 21.9. The van der Waals surface area contributed by atoms with Crippen molar-refractivity contribution in [1.82, 2.24) is 4.90 Å². The highest BCUT2D eigenvalue weighted by molar-refractivity contribution is 6.02. The summed E-state index contributed by atoms with van der Waals surface area (Å²) in [6.07, 6.45) is -3.38. The van der Waals surface area contributed by atoms with Crippen molar-refractivity contribution in [3.8, 4) is 5.75 Å². The predicted octanol–water partition coefficient (Wildman–Crippen LogP) is 5.02. The minimum absolute atomic E-state index is 0.171. The van der Waals surface area contributed by atoms with Gasteiger partial charge in [0.2, 0.25) is 0 Å². The molecule has 30 heavy (non-hydrogen) atoms. The van der Waals surface area contributed by atoms with Crippen molar-refractivity contribution in [2.24, 2.45) is 0 Å². The van der Waals surface area contributed by atoms with Gasteiger partial charge in [-0.3, -0.25) is 9.69 Å². The van der Waals surface area contributed by atoms with E-state index in [0.717, 1.165) is 24.6 Å². The summed E-state index contributed by atoms with van der Waals surface area (Å²) in [5, 5.41) is 0. The Labute approximate surface area is 170 Å². The molecule has 1 saturated heterocycles. The summed E-state index contributed by atoms with van der Waals surface area (Å²) in [6, 6.07) is 9.57. The molecular formula is C21H20F4N2O3. The summed E-state index contributed by atoms with van der Waals surface area (Å²) in [6.45, 7) is 2.03. The molecule has 3 rings (SSSR count). The SMILES string of the molecule is CCC[C@H]1CN(c2ccc(OC(F)(F)F)cc2)C(=O)N1CC(=O)c1cccc(F)c1. The molecule has 0 unspecified atom stereocenters. The lowest BCUT2D eigenvalue weighted by molar-refractivity contribution is -0.274. The van der Waals surface area contributed by atoms with Crippen LogP contribution in [0.25, 0.3) is 0 Å². The zero-order valence-corrected chi connectivity index (χ0v) is 16.2. The molecule has 0 radical (unpaired) electrons. The van der Waals surface area contributed by atoms with Gasteiger partial charge >= 0.3 is 12.4 Å². The number of urea groups is 1. The molecule has 0 N–H and O–H groups in total. The number of halogens is 4. The van der Waals surface area contributed by atoms with Gasteiger partial charge in [0.25, 0.3) is 0 Å². The number of alkyl halides is 3. The van der Waals surface area contributed by atoms with Crippen LogP contribution in [0.3, 0.4) is 0 Å². The highest BCUT2D eigenvalue weighted by Crippen LogP contribution is 2.29. The minimum atomic E-state index is -4.80. The first kappa shape index (κ1) is 21.6. The van der Waals surface area contributed by atoms with Crippen LogP contribution in [0.1, 0.15) is 30.1 Å². The van der Waals surface area contributed by atoms with Crippen LogP contribution in [0.2, 0.25) is 0 Å². The second-order valence-electron chi connectivity index (χ2n) is 6.94. The summed E-state index contributed by atoms with van der Waals surface area (Å²) in [4.78, 5) is 28.4. The fourth-order valence-corrected chi connectivity index (χ4v) is 3.43. The van der Waals surface area contributed by atoms with E-state index in [9.17, 15) is 27.2 Å². The van der Waals surface area contributed by atoms with E-state index in [2.05, 4.69) is 4.74 Å². The van der Waals surface area contributed by atoms with Crippen molar-refractivity contribution < 1.29 is 31.9 Å². The number of ketones is 1. The average molecular weight is 424 g/mol. The number of rotatable bonds is 7. The maximum Gasteiger partial charge on any atom is 0.573 e. The molecule has 2 aromatic carbocycles. The third-order valence-corrected chi connectivity index (χ3v) is 4.78. The summed E-state index contributed by atoms with van der Waals surface area (Å²) in [7, 11) is 0. The summed E-state index contributed by atoms with van der Waals surface area (Å²) < 4.78 is 54.3. The van der Waals surface area contributed by atoms with Crippen LogP contribution in [0.5, 0.6) is 5.75 Å². The Morgan fingerprint density at radius 2 is 1.87 bits per heavy atom. The lowest BCUT2D eigenvalue weighted by atomic mass is 10.1. The number of hydrogen-bond acceptors (Lipinski definition) is 3. The van der Waals surface area contributed by atoms with Gasteiger partial charge in [-0.15, -0.1) is 13.2 Å². The molecule has 2 amide bonds. The fourth-order valence-electron chi connectivity index (χ4n) is 3.43. The number of ether oxygens (including phenoxy) is 1. The number of nitrogens with zero attached hydrogens (tertiary/aromatic N) is 2. The first-order valence-corrected chi connectivity index (χ1v) is 9.40. The van der Waals surface area contributed by atoms with E-state index in [1.165, 1.54) is 40.1 Å². The van der Waals surface area contributed by atoms with Gasteiger partial charge < -0.3 is 9.64 Å². The first-order chi connectivity index (χ1) is 14.2. The van der Waals surface area contributed by atoms with Gasteiger partial charge in [-0.25, -0.2) is 9.18 Å². The molecule has 9 heteroatoms. The van der Waals surface area contributed by atoms with Gasteiger partial charge in [0.1, 0.15) is 11.6 Å². The number of carbonyl (C=O) groups is 2. The molecule has 0 saturated carbocycles. The van der Waals surface area contributed by atoms with Crippen molar-refractivity contribution in [2.75, 3.05) is 18.0 Å². The van der Waals surface area contributed by atoms with Gasteiger partial charge in [-0.05, 0) is 42.8 Å². The molecular weight excluding hydrogens is 404 g/mol. The Hall–Kier alpha value is -3.10. The maximum absolute atomic E-state index is 13.4. The quantitative estimate of drug-likeness (QED) is 0.463. The van der Waals surface area contributed by atoms with Crippen molar-refractivity contribution in [2.45, 2.75) is 32.2 Å². The molecule has 160 valence electrons. The molecule has 0 bridgehead atoms. The van der Waals surface area contributed by atoms with Gasteiger partial charge in [-0.1, -0.05) is 25.5 Å². The highest BCUT2D eigenvalue weighted by atomic mass is 19.4. The van der Waals surface area contributed by atoms with Crippen LogP contribution < -0.4 is 9.64 Å². The van der Waals surface area contributed by atoms with Crippen LogP contribution in [0.4, 0.5) is 28.0 Å². The van der Waals surface area contributed by atoms with Crippen molar-refractivity contribution >= 4 is 17.5 Å². The Morgan fingerprint density at radius 1 is 1.17 bits per heavy atom. The largest absolute Gasteiger partial charge is 0.573 e. The van der Waals surface area contributed by atoms with Crippen LogP contribution in [-0.4, -0.2) is 42.2 Å². The average Bonchev–Trinajstić information content (AvgIpc) is 2.97. The Kier molecular flexibility index (Phi) is 6.28. The molecule has 1 atom stereocenters. The maximum atomic E-state index is 13.4. The monoisotopic (exact) mass is 424 g/mol. The number of benzene rings is 2.